The van der Waals surface area contributed by atoms with E-state index in [0.29, 0.717) is 0 Å². The topological polar surface area (TPSA) is 42.8 Å². The number of imidazole rings is 1. The summed E-state index contributed by atoms with van der Waals surface area (Å²) in [7, 11) is 3.78. The Morgan fingerprint density at radius 2 is 1.89 bits per heavy atom. The van der Waals surface area contributed by atoms with Gasteiger partial charge in [-0.05, 0) is 30.7 Å². The molecular weight excluding hydrogens is 340 g/mol. The Bertz CT molecular complexity index is 745. The van der Waals surface area contributed by atoms with Crippen LogP contribution in [0.5, 0.6) is 5.75 Å². The predicted molar refractivity (Wildman–Crippen MR) is 105 cm³/mol. The van der Waals surface area contributed by atoms with Crippen LogP contribution in [0.3, 0.4) is 0 Å². The maximum absolute atomic E-state index is 6.03. The van der Waals surface area contributed by atoms with Crippen molar-refractivity contribution < 1.29 is 9.47 Å². The number of hydrogen-bond donors (Lipinski definition) is 0. The molecule has 27 heavy (non-hydrogen) atoms. The van der Waals surface area contributed by atoms with E-state index in [1.807, 2.05) is 24.5 Å². The number of benzene rings is 1. The molecule has 0 saturated carbocycles. The highest BCUT2D eigenvalue weighted by molar-refractivity contribution is 5.27. The summed E-state index contributed by atoms with van der Waals surface area (Å²) in [6.07, 6.45) is 5.09. The summed E-state index contributed by atoms with van der Waals surface area (Å²) < 4.78 is 13.4. The minimum absolute atomic E-state index is 0.230. The number of likely N-dealkylation sites (tertiary alicyclic amines) is 1. The lowest BCUT2D eigenvalue weighted by atomic mass is 9.87. The molecule has 1 aromatic heterocycles. The highest BCUT2D eigenvalue weighted by atomic mass is 16.5. The molecule has 2 aromatic rings. The Hall–Kier alpha value is -1.89. The van der Waals surface area contributed by atoms with Gasteiger partial charge >= 0.3 is 0 Å². The van der Waals surface area contributed by atoms with E-state index in [0.717, 1.165) is 64.1 Å². The van der Waals surface area contributed by atoms with E-state index >= 15 is 0 Å². The summed E-state index contributed by atoms with van der Waals surface area (Å²) >= 11 is 0. The second-order valence-electron chi connectivity index (χ2n) is 8.03. The monoisotopic (exact) mass is 370 g/mol. The average Bonchev–Trinajstić information content (AvgIpc) is 3.20. The second-order valence-corrected chi connectivity index (χ2v) is 8.03. The SMILES string of the molecule is COc1ccc(CN2CCOC[C@@]3(CCN(Cc4nccn4C)C3)C2)cc1. The molecule has 146 valence electrons. The normalized spacial score (nSPS) is 24.4. The number of ether oxygens (including phenoxy) is 2. The Morgan fingerprint density at radius 1 is 1.11 bits per heavy atom. The standard InChI is InChI=1S/C21H30N4O2/c1-23-10-8-22-20(23)14-24-9-7-21(15-24)16-25(11-12-27-17-21)13-18-3-5-19(26-2)6-4-18/h3-6,8,10H,7,9,11-17H2,1-2H3/t21-/m1/s1. The van der Waals surface area contributed by atoms with Gasteiger partial charge in [-0.25, -0.2) is 4.98 Å². The van der Waals surface area contributed by atoms with Crippen LogP contribution in [-0.2, 0) is 24.9 Å². The van der Waals surface area contributed by atoms with Gasteiger partial charge in [0.05, 0.1) is 26.9 Å². The zero-order valence-electron chi connectivity index (χ0n) is 16.4. The van der Waals surface area contributed by atoms with Crippen molar-refractivity contribution in [1.29, 1.82) is 0 Å². The molecule has 1 aromatic carbocycles. The molecule has 4 rings (SSSR count). The van der Waals surface area contributed by atoms with E-state index in [1.54, 1.807) is 7.11 Å². The number of nitrogens with zero attached hydrogens (tertiary/aromatic N) is 4. The zero-order chi connectivity index (χ0) is 18.7. The molecule has 2 aliphatic heterocycles. The quantitative estimate of drug-likeness (QED) is 0.807. The first-order valence-corrected chi connectivity index (χ1v) is 9.77. The van der Waals surface area contributed by atoms with Gasteiger partial charge in [-0.15, -0.1) is 0 Å². The summed E-state index contributed by atoms with van der Waals surface area (Å²) in [4.78, 5) is 9.57. The Kier molecular flexibility index (Phi) is 5.48. The van der Waals surface area contributed by atoms with Gasteiger partial charge in [-0.3, -0.25) is 9.80 Å². The van der Waals surface area contributed by atoms with Gasteiger partial charge in [0.15, 0.2) is 0 Å². The summed E-state index contributed by atoms with van der Waals surface area (Å²) in [6, 6.07) is 8.42. The fourth-order valence-electron chi connectivity index (χ4n) is 4.36. The molecule has 0 unspecified atom stereocenters. The molecule has 2 fully saturated rings. The molecule has 0 aliphatic carbocycles. The molecule has 0 radical (unpaired) electrons. The number of rotatable bonds is 5. The van der Waals surface area contributed by atoms with E-state index in [2.05, 4.69) is 38.5 Å². The summed E-state index contributed by atoms with van der Waals surface area (Å²) in [5, 5.41) is 0. The van der Waals surface area contributed by atoms with Crippen LogP contribution in [-0.4, -0.2) is 65.9 Å². The van der Waals surface area contributed by atoms with Crippen molar-refractivity contribution >= 4 is 0 Å². The number of methoxy groups -OCH3 is 1. The smallest absolute Gasteiger partial charge is 0.122 e. The average molecular weight is 370 g/mol. The van der Waals surface area contributed by atoms with Crippen molar-refractivity contribution in [3.63, 3.8) is 0 Å². The first kappa shape index (κ1) is 18.5. The van der Waals surface area contributed by atoms with Gasteiger partial charge < -0.3 is 14.0 Å². The minimum Gasteiger partial charge on any atom is -0.497 e. The molecule has 0 amide bonds. The molecule has 2 aliphatic rings. The van der Waals surface area contributed by atoms with Crippen molar-refractivity contribution in [2.24, 2.45) is 12.5 Å². The number of aryl methyl sites for hydroxylation is 1. The third-order valence-corrected chi connectivity index (χ3v) is 5.89. The van der Waals surface area contributed by atoms with E-state index in [-0.39, 0.29) is 5.41 Å². The van der Waals surface area contributed by atoms with E-state index < -0.39 is 0 Å². The van der Waals surface area contributed by atoms with Crippen molar-refractivity contribution in [3.8, 4) is 5.75 Å². The van der Waals surface area contributed by atoms with Crippen molar-refractivity contribution in [1.82, 2.24) is 19.4 Å². The van der Waals surface area contributed by atoms with Crippen LogP contribution in [0.25, 0.3) is 0 Å². The van der Waals surface area contributed by atoms with Gasteiger partial charge in [0, 0.05) is 51.0 Å². The summed E-state index contributed by atoms with van der Waals surface area (Å²) in [6.45, 7) is 7.85. The van der Waals surface area contributed by atoms with Crippen molar-refractivity contribution in [2.75, 3.05) is 46.5 Å². The van der Waals surface area contributed by atoms with Crippen molar-refractivity contribution in [3.05, 3.63) is 48.0 Å². The van der Waals surface area contributed by atoms with Crippen LogP contribution in [0.4, 0.5) is 0 Å². The minimum atomic E-state index is 0.230. The maximum atomic E-state index is 6.03. The van der Waals surface area contributed by atoms with Crippen LogP contribution in [0.1, 0.15) is 17.8 Å². The summed E-state index contributed by atoms with van der Waals surface area (Å²) in [5.41, 5.74) is 1.56. The van der Waals surface area contributed by atoms with Gasteiger partial charge in [0.2, 0.25) is 0 Å². The Labute approximate surface area is 161 Å². The first-order valence-electron chi connectivity index (χ1n) is 9.77. The van der Waals surface area contributed by atoms with Crippen LogP contribution in [0, 0.1) is 5.41 Å². The largest absolute Gasteiger partial charge is 0.497 e. The molecule has 1 atom stereocenters. The molecule has 0 bridgehead atoms. The fourth-order valence-corrected chi connectivity index (χ4v) is 4.36. The maximum Gasteiger partial charge on any atom is 0.122 e. The van der Waals surface area contributed by atoms with Gasteiger partial charge in [0.1, 0.15) is 11.6 Å². The predicted octanol–water partition coefficient (Wildman–Crippen LogP) is 2.15. The van der Waals surface area contributed by atoms with Crippen LogP contribution < -0.4 is 4.74 Å². The Morgan fingerprint density at radius 3 is 2.59 bits per heavy atom. The highest BCUT2D eigenvalue weighted by Gasteiger charge is 2.41. The lowest BCUT2D eigenvalue weighted by Crippen LogP contribution is -2.40. The summed E-state index contributed by atoms with van der Waals surface area (Å²) in [5.74, 6) is 2.05. The highest BCUT2D eigenvalue weighted by Crippen LogP contribution is 2.34. The molecule has 1 spiro atoms. The molecule has 0 N–H and O–H groups in total. The first-order chi connectivity index (χ1) is 13.2. The lowest BCUT2D eigenvalue weighted by molar-refractivity contribution is 0.0703. The number of hydrogen-bond acceptors (Lipinski definition) is 5. The van der Waals surface area contributed by atoms with Crippen LogP contribution in [0.2, 0.25) is 0 Å². The second kappa shape index (κ2) is 8.00. The van der Waals surface area contributed by atoms with E-state index in [1.165, 1.54) is 12.0 Å². The fraction of sp³-hybridized carbons (Fsp3) is 0.571. The van der Waals surface area contributed by atoms with Gasteiger partial charge in [-0.1, -0.05) is 12.1 Å². The van der Waals surface area contributed by atoms with Crippen LogP contribution >= 0.6 is 0 Å². The third kappa shape index (κ3) is 4.34. The lowest BCUT2D eigenvalue weighted by Gasteiger charge is -2.32. The molecule has 3 heterocycles. The zero-order valence-corrected chi connectivity index (χ0v) is 16.4. The Balaban J connectivity index is 1.39. The third-order valence-electron chi connectivity index (χ3n) is 5.89. The van der Waals surface area contributed by atoms with Crippen molar-refractivity contribution in [2.45, 2.75) is 19.5 Å². The van der Waals surface area contributed by atoms with Gasteiger partial charge in [0.25, 0.3) is 0 Å². The molecule has 2 saturated heterocycles. The molecule has 6 nitrogen and oxygen atoms in total. The van der Waals surface area contributed by atoms with Gasteiger partial charge in [-0.2, -0.15) is 0 Å². The molecular formula is C21H30N4O2. The van der Waals surface area contributed by atoms with Crippen LogP contribution in [0.15, 0.2) is 36.7 Å². The van der Waals surface area contributed by atoms with E-state index in [4.69, 9.17) is 9.47 Å². The van der Waals surface area contributed by atoms with E-state index in [9.17, 15) is 0 Å². The number of aromatic nitrogens is 2. The molecule has 6 heteroatoms.